The number of allylic oxidation sites excluding steroid dienone is 2. The van der Waals surface area contributed by atoms with Crippen molar-refractivity contribution in [3.8, 4) is 23.0 Å². The number of ether oxygens (including phenoxy) is 12. The minimum absolute atomic E-state index is 0.0136. The van der Waals surface area contributed by atoms with E-state index in [1.54, 1.807) is 50.3 Å². The molecule has 2 aliphatic carbocycles. The Morgan fingerprint density at radius 3 is 1.70 bits per heavy atom. The number of benzene rings is 3. The Bertz CT molecular complexity index is 3590. The summed E-state index contributed by atoms with van der Waals surface area (Å²) in [4.78, 5) is 115. The number of rotatable bonds is 49. The maximum absolute atomic E-state index is 13.9. The Morgan fingerprint density at radius 1 is 0.566 bits per heavy atom. The van der Waals surface area contributed by atoms with Crippen LogP contribution in [0.3, 0.4) is 0 Å². The zero-order valence-corrected chi connectivity index (χ0v) is 61.9. The highest BCUT2D eigenvalue weighted by molar-refractivity contribution is 6.13. The van der Waals surface area contributed by atoms with Gasteiger partial charge in [0.15, 0.2) is 34.6 Å². The molecule has 5 atom stereocenters. The van der Waals surface area contributed by atoms with E-state index in [-0.39, 0.29) is 98.7 Å². The molecule has 576 valence electrons. The number of imide groups is 1. The predicted octanol–water partition coefficient (Wildman–Crippen LogP) is 8.06. The molecule has 6 aliphatic rings. The largest absolute Gasteiger partial charge is 0.493 e. The van der Waals surface area contributed by atoms with Crippen LogP contribution in [0, 0.1) is 23.7 Å². The van der Waals surface area contributed by atoms with Gasteiger partial charge in [-0.2, -0.15) is 0 Å². The molecule has 9 rings (SSSR count). The van der Waals surface area contributed by atoms with Gasteiger partial charge >= 0.3 is 0 Å². The number of carbonyl (C=O) groups is 8. The molecule has 106 heavy (non-hydrogen) atoms. The van der Waals surface area contributed by atoms with Crippen molar-refractivity contribution in [1.82, 2.24) is 25.8 Å². The van der Waals surface area contributed by atoms with Crippen molar-refractivity contribution in [2.75, 3.05) is 146 Å². The van der Waals surface area contributed by atoms with Crippen molar-refractivity contribution in [2.45, 2.75) is 122 Å². The number of Topliss-reactive ketones (excluding diaryl/α,β-unsaturated/α-hetero) is 2. The van der Waals surface area contributed by atoms with Crippen LogP contribution in [0.4, 0.5) is 11.4 Å². The molecule has 1 fully saturated rings. The quantitative estimate of drug-likeness (QED) is 0.0355. The summed E-state index contributed by atoms with van der Waals surface area (Å²) in [7, 11) is 3.11. The Kier molecular flexibility index (Phi) is 33.3. The van der Waals surface area contributed by atoms with E-state index < -0.39 is 29.8 Å². The molecule has 6 amide bonds. The van der Waals surface area contributed by atoms with Crippen molar-refractivity contribution in [2.24, 2.45) is 33.7 Å². The fourth-order valence-corrected chi connectivity index (χ4v) is 12.8. The Morgan fingerprint density at radius 2 is 1.12 bits per heavy atom. The van der Waals surface area contributed by atoms with Crippen molar-refractivity contribution >= 4 is 76.4 Å². The number of nitrogens with zero attached hydrogens (tertiary/aromatic N) is 4. The number of aliphatic imine (C=N–C) groups is 2. The number of amides is 6. The van der Waals surface area contributed by atoms with Crippen LogP contribution < -0.4 is 34.9 Å². The average Bonchev–Trinajstić information content (AvgIpc) is 1.60. The van der Waals surface area contributed by atoms with E-state index in [1.165, 1.54) is 36.1 Å². The number of hydrogen-bond donors (Lipinski definition) is 3. The summed E-state index contributed by atoms with van der Waals surface area (Å²) in [6, 6.07) is 13.8. The van der Waals surface area contributed by atoms with Gasteiger partial charge in [-0.05, 0) is 116 Å². The van der Waals surface area contributed by atoms with Gasteiger partial charge in [0.05, 0.1) is 162 Å². The van der Waals surface area contributed by atoms with Crippen molar-refractivity contribution < 1.29 is 95.2 Å². The van der Waals surface area contributed by atoms with Gasteiger partial charge in [0.25, 0.3) is 17.7 Å². The zero-order valence-electron chi connectivity index (χ0n) is 61.9. The molecule has 0 spiro atoms. The van der Waals surface area contributed by atoms with Gasteiger partial charge < -0.3 is 77.7 Å². The summed E-state index contributed by atoms with van der Waals surface area (Å²) in [6.07, 6.45) is 18.5. The highest BCUT2D eigenvalue weighted by Crippen LogP contribution is 2.45. The first kappa shape index (κ1) is 81.5. The van der Waals surface area contributed by atoms with Crippen LogP contribution in [-0.2, 0) is 73.1 Å². The lowest BCUT2D eigenvalue weighted by atomic mass is 9.78. The Hall–Kier alpha value is -8.54. The minimum Gasteiger partial charge on any atom is -0.493 e. The number of methoxy groups -OCH3 is 2. The second kappa shape index (κ2) is 43.3. The molecule has 3 N–H and O–H groups in total. The van der Waals surface area contributed by atoms with E-state index in [0.717, 1.165) is 35.3 Å². The van der Waals surface area contributed by atoms with Crippen LogP contribution in [0.2, 0.25) is 0 Å². The van der Waals surface area contributed by atoms with E-state index in [9.17, 15) is 38.4 Å². The number of fused-ring (bicyclic) bond motifs is 5. The summed E-state index contributed by atoms with van der Waals surface area (Å²) in [6.45, 7) is 12.1. The third kappa shape index (κ3) is 25.9. The van der Waals surface area contributed by atoms with Crippen LogP contribution in [0.25, 0.3) is 5.57 Å². The van der Waals surface area contributed by atoms with E-state index in [2.05, 4.69) is 46.3 Å². The van der Waals surface area contributed by atoms with E-state index in [1.807, 2.05) is 32.5 Å². The molecule has 0 saturated heterocycles. The lowest BCUT2D eigenvalue weighted by Gasteiger charge is -2.27. The SMILES string of the molecule is COc1cc2c(cc1OCCCOc1cc3c(cc1OC)C(=O)CCC1C=C(c4ccc(CCCC(=O)[C@H](C)NC(=O)C(NC(=O)CCOCCOCCOCCOCCOCCOCCOCCOCCNC(=O)CCN5C(=O)C=CC5=O)C(C)C)cc4)C[C@@H](/C=N\3)C1)N=C[C@@H]1CC(C3CC3)=CN1C2=O. The molecule has 4 heterocycles. The van der Waals surface area contributed by atoms with Crippen molar-refractivity contribution in [3.05, 3.63) is 101 Å². The van der Waals surface area contributed by atoms with Gasteiger partial charge in [-0.3, -0.25) is 53.2 Å². The molecular formula is C79H105N7O20. The first-order chi connectivity index (χ1) is 51.5. The van der Waals surface area contributed by atoms with E-state index >= 15 is 0 Å². The van der Waals surface area contributed by atoms with Gasteiger partial charge in [-0.1, -0.05) is 44.2 Å². The van der Waals surface area contributed by atoms with Gasteiger partial charge in [0.1, 0.15) is 6.04 Å². The monoisotopic (exact) mass is 1470 g/mol. The molecule has 1 saturated carbocycles. The number of nitrogens with one attached hydrogen (secondary N) is 3. The van der Waals surface area contributed by atoms with Gasteiger partial charge in [-0.15, -0.1) is 0 Å². The second-order valence-corrected chi connectivity index (χ2v) is 27.2. The summed E-state index contributed by atoms with van der Waals surface area (Å²) in [5, 5.41) is 8.31. The third-order valence-electron chi connectivity index (χ3n) is 18.8. The molecular weight excluding hydrogens is 1370 g/mol. The Balaban J connectivity index is 0.573. The average molecular weight is 1470 g/mol. The summed E-state index contributed by atoms with van der Waals surface area (Å²) >= 11 is 0. The van der Waals surface area contributed by atoms with Crippen LogP contribution in [0.15, 0.2) is 88.5 Å². The molecule has 27 heteroatoms. The standard InChI is InChI=1S/C79H105N7O20/c1-53(2)77(84-74(90)21-26-97-28-30-99-32-34-101-36-38-103-40-41-104-39-37-102-35-33-100-31-29-98-27-22-80-73(89)20-23-85-75(91)18-19-76(85)92)78(93)83-54(3)67(87)9-6-8-55-10-13-58(14-11-55)60-43-56-12-17-68(88)63-46-69(95-4)71(48-65(63)81-50-57(42-56)44-60)105-24-7-25-106-72-49-66-64(47-70(72)96-5)79(94)86-52-61(59-15-16-59)45-62(86)51-82-66/h10-11,13-14,18-19,43,46-54,56-57,59,62,77H,6-9,12,15-17,20-42,44-45H2,1-5H3,(H,80,89)(H,83,93)(H,84,90)/b81-50-/t54-,56?,57-,62-,77?/m0/s1. The minimum atomic E-state index is -0.833. The van der Waals surface area contributed by atoms with Gasteiger partial charge in [0.2, 0.25) is 17.7 Å². The maximum Gasteiger partial charge on any atom is 0.260 e. The van der Waals surface area contributed by atoms with E-state index in [4.69, 9.17) is 66.8 Å². The summed E-state index contributed by atoms with van der Waals surface area (Å²) < 4.78 is 68.0. The summed E-state index contributed by atoms with van der Waals surface area (Å²) in [5.41, 5.74) is 6.77. The smallest absolute Gasteiger partial charge is 0.260 e. The van der Waals surface area contributed by atoms with E-state index in [0.29, 0.717) is 189 Å². The van der Waals surface area contributed by atoms with Crippen molar-refractivity contribution in [1.29, 1.82) is 0 Å². The predicted molar refractivity (Wildman–Crippen MR) is 394 cm³/mol. The number of ketones is 2. The molecule has 3 aromatic carbocycles. The maximum atomic E-state index is 13.9. The highest BCUT2D eigenvalue weighted by atomic mass is 16.6. The fourth-order valence-electron chi connectivity index (χ4n) is 12.8. The third-order valence-corrected chi connectivity index (χ3v) is 18.8. The van der Waals surface area contributed by atoms with Crippen LogP contribution in [-0.4, -0.2) is 234 Å². The van der Waals surface area contributed by atoms with Crippen LogP contribution in [0.5, 0.6) is 23.0 Å². The molecule has 0 radical (unpaired) electrons. The molecule has 3 aromatic rings. The molecule has 4 aliphatic heterocycles. The van der Waals surface area contributed by atoms with Crippen LogP contribution >= 0.6 is 0 Å². The molecule has 0 aromatic heterocycles. The Labute approximate surface area is 620 Å². The lowest BCUT2D eigenvalue weighted by molar-refractivity contribution is -0.137. The fraction of sp³-hybridized carbons (Fsp3) is 0.570. The normalized spacial score (nSPS) is 18.3. The number of hydrogen-bond acceptors (Lipinski definition) is 22. The topological polar surface area (TPSA) is 315 Å². The van der Waals surface area contributed by atoms with Gasteiger partial charge in [-0.25, -0.2) is 0 Å². The zero-order chi connectivity index (χ0) is 75.0. The summed E-state index contributed by atoms with van der Waals surface area (Å²) in [5.74, 6) is 0.461. The molecule has 2 bridgehead atoms. The second-order valence-electron chi connectivity index (χ2n) is 27.2. The molecule has 2 unspecified atom stereocenters. The highest BCUT2D eigenvalue weighted by Gasteiger charge is 2.38. The van der Waals surface area contributed by atoms with Gasteiger partial charge in [0, 0.05) is 93.7 Å². The lowest BCUT2D eigenvalue weighted by Crippen LogP contribution is -2.53. The first-order valence-electron chi connectivity index (χ1n) is 37.2. The number of aryl methyl sites for hydroxylation is 1. The first-order valence-corrected chi connectivity index (χ1v) is 37.2. The van der Waals surface area contributed by atoms with Crippen LogP contribution in [0.1, 0.15) is 130 Å². The van der Waals surface area contributed by atoms with Crippen molar-refractivity contribution in [3.63, 3.8) is 0 Å². The number of carbonyl (C=O) groups excluding carboxylic acids is 8. The molecule has 27 nitrogen and oxygen atoms in total.